The number of hydroxylamine groups is 1. The number of nitrogens with zero attached hydrogens (tertiary/aromatic N) is 1. The minimum absolute atomic E-state index is 0.0866. The van der Waals surface area contributed by atoms with Crippen LogP contribution >= 0.6 is 15.9 Å². The van der Waals surface area contributed by atoms with Gasteiger partial charge in [-0.15, -0.1) is 0 Å². The topological polar surface area (TPSA) is 90.7 Å². The van der Waals surface area contributed by atoms with Gasteiger partial charge in [0.05, 0.1) is 9.40 Å². The summed E-state index contributed by atoms with van der Waals surface area (Å²) in [6, 6.07) is 3.89. The summed E-state index contributed by atoms with van der Waals surface area (Å²) in [6.45, 7) is 5.15. The van der Waals surface area contributed by atoms with Crippen LogP contribution in [0.1, 0.15) is 20.8 Å². The fourth-order valence-electron chi connectivity index (χ4n) is 1.08. The molecule has 0 aliphatic heterocycles. The van der Waals surface area contributed by atoms with E-state index in [0.717, 1.165) is 0 Å². The second-order valence-electron chi connectivity index (χ2n) is 4.58. The number of hydrogen-bond acceptors (Lipinski definition) is 5. The highest BCUT2D eigenvalue weighted by Gasteiger charge is 2.17. The van der Waals surface area contributed by atoms with E-state index >= 15 is 0 Å². The SMILES string of the molecule is CC(C)(C)OC(=O)NOc1ccc([N+](=O)[O-])cc1Br. The predicted molar refractivity (Wildman–Crippen MR) is 70.8 cm³/mol. The number of benzene rings is 1. The number of rotatable bonds is 3. The first kappa shape index (κ1) is 15.2. The van der Waals surface area contributed by atoms with Crippen LogP contribution in [0.4, 0.5) is 10.5 Å². The predicted octanol–water partition coefficient (Wildman–Crippen LogP) is 3.18. The summed E-state index contributed by atoms with van der Waals surface area (Å²) in [7, 11) is 0. The van der Waals surface area contributed by atoms with Gasteiger partial charge in [0, 0.05) is 12.1 Å². The Balaban J connectivity index is 2.64. The van der Waals surface area contributed by atoms with E-state index < -0.39 is 16.6 Å². The molecule has 0 atom stereocenters. The number of non-ortho nitro benzene ring substituents is 1. The van der Waals surface area contributed by atoms with Crippen molar-refractivity contribution in [3.05, 3.63) is 32.8 Å². The largest absolute Gasteiger partial charge is 0.442 e. The van der Waals surface area contributed by atoms with E-state index in [1.807, 2.05) is 0 Å². The molecule has 0 saturated carbocycles. The molecule has 1 rings (SSSR count). The lowest BCUT2D eigenvalue weighted by molar-refractivity contribution is -0.385. The second kappa shape index (κ2) is 5.87. The first-order valence-corrected chi connectivity index (χ1v) is 6.08. The summed E-state index contributed by atoms with van der Waals surface area (Å²) in [5, 5.41) is 10.5. The molecule has 1 aromatic carbocycles. The van der Waals surface area contributed by atoms with Crippen molar-refractivity contribution in [2.24, 2.45) is 0 Å². The zero-order valence-electron chi connectivity index (χ0n) is 10.6. The number of nitro groups is 1. The summed E-state index contributed by atoms with van der Waals surface area (Å²) in [5.41, 5.74) is 1.36. The fraction of sp³-hybridized carbons (Fsp3) is 0.364. The lowest BCUT2D eigenvalue weighted by Crippen LogP contribution is -2.34. The highest BCUT2D eigenvalue weighted by molar-refractivity contribution is 9.10. The minimum atomic E-state index is -0.752. The molecule has 0 fully saturated rings. The number of carbonyl (C=O) groups excluding carboxylic acids is 1. The summed E-state index contributed by atoms with van der Waals surface area (Å²) in [6.07, 6.45) is -0.752. The third-order valence-electron chi connectivity index (χ3n) is 1.77. The molecule has 0 radical (unpaired) electrons. The molecule has 0 heterocycles. The number of carbonyl (C=O) groups is 1. The van der Waals surface area contributed by atoms with Gasteiger partial charge in [0.2, 0.25) is 0 Å². The van der Waals surface area contributed by atoms with E-state index in [4.69, 9.17) is 9.57 Å². The van der Waals surface area contributed by atoms with Crippen LogP contribution in [-0.4, -0.2) is 16.6 Å². The molecule has 0 saturated heterocycles. The molecule has 1 N–H and O–H groups in total. The third-order valence-corrected chi connectivity index (χ3v) is 2.39. The van der Waals surface area contributed by atoms with Gasteiger partial charge in [-0.25, -0.2) is 4.79 Å². The highest BCUT2D eigenvalue weighted by Crippen LogP contribution is 2.28. The molecule has 0 aliphatic rings. The molecule has 0 spiro atoms. The zero-order valence-corrected chi connectivity index (χ0v) is 12.2. The number of nitro benzene ring substituents is 1. The maximum absolute atomic E-state index is 11.3. The minimum Gasteiger partial charge on any atom is -0.442 e. The van der Waals surface area contributed by atoms with Crippen molar-refractivity contribution in [2.45, 2.75) is 26.4 Å². The maximum atomic E-state index is 11.3. The Hall–Kier alpha value is -1.83. The zero-order chi connectivity index (χ0) is 14.6. The molecule has 0 bridgehead atoms. The van der Waals surface area contributed by atoms with Gasteiger partial charge in [-0.05, 0) is 42.8 Å². The van der Waals surface area contributed by atoms with E-state index in [1.165, 1.54) is 18.2 Å². The van der Waals surface area contributed by atoms with E-state index in [9.17, 15) is 14.9 Å². The Labute approximate surface area is 118 Å². The Morgan fingerprint density at radius 2 is 2.05 bits per heavy atom. The smallest absolute Gasteiger partial charge is 0.441 e. The number of halogens is 1. The van der Waals surface area contributed by atoms with Gasteiger partial charge in [-0.3, -0.25) is 10.1 Å². The quantitative estimate of drug-likeness (QED) is 0.678. The van der Waals surface area contributed by atoms with Crippen molar-refractivity contribution in [3.8, 4) is 5.75 Å². The molecule has 104 valence electrons. The Kier molecular flexibility index (Phi) is 4.71. The molecule has 0 aromatic heterocycles. The normalized spacial score (nSPS) is 10.7. The lowest BCUT2D eigenvalue weighted by Gasteiger charge is -2.19. The molecule has 0 unspecified atom stereocenters. The average Bonchev–Trinajstić information content (AvgIpc) is 2.24. The van der Waals surface area contributed by atoms with Gasteiger partial charge < -0.3 is 9.57 Å². The number of amides is 1. The van der Waals surface area contributed by atoms with Crippen LogP contribution in [-0.2, 0) is 4.74 Å². The number of ether oxygens (including phenoxy) is 1. The Morgan fingerprint density at radius 1 is 1.42 bits per heavy atom. The van der Waals surface area contributed by atoms with Crippen LogP contribution in [0.2, 0.25) is 0 Å². The van der Waals surface area contributed by atoms with E-state index in [0.29, 0.717) is 4.47 Å². The van der Waals surface area contributed by atoms with Gasteiger partial charge in [-0.1, -0.05) is 0 Å². The van der Waals surface area contributed by atoms with Crippen LogP contribution in [0.5, 0.6) is 5.75 Å². The molecule has 1 amide bonds. The fourth-order valence-corrected chi connectivity index (χ4v) is 1.53. The van der Waals surface area contributed by atoms with Crippen molar-refractivity contribution >= 4 is 27.7 Å². The summed E-state index contributed by atoms with van der Waals surface area (Å²) < 4.78 is 5.31. The Morgan fingerprint density at radius 3 is 2.53 bits per heavy atom. The van der Waals surface area contributed by atoms with Crippen LogP contribution in [0, 0.1) is 10.1 Å². The van der Waals surface area contributed by atoms with Crippen molar-refractivity contribution in [2.75, 3.05) is 0 Å². The van der Waals surface area contributed by atoms with Gasteiger partial charge in [0.15, 0.2) is 5.75 Å². The molecular weight excluding hydrogens is 320 g/mol. The van der Waals surface area contributed by atoms with Crippen molar-refractivity contribution in [3.63, 3.8) is 0 Å². The molecule has 0 aliphatic carbocycles. The van der Waals surface area contributed by atoms with Gasteiger partial charge >= 0.3 is 6.09 Å². The molecule has 7 nitrogen and oxygen atoms in total. The third kappa shape index (κ3) is 5.12. The maximum Gasteiger partial charge on any atom is 0.441 e. The average molecular weight is 333 g/mol. The van der Waals surface area contributed by atoms with Crippen LogP contribution in [0.3, 0.4) is 0 Å². The van der Waals surface area contributed by atoms with E-state index in [-0.39, 0.29) is 11.4 Å². The second-order valence-corrected chi connectivity index (χ2v) is 5.43. The molecule has 1 aromatic rings. The van der Waals surface area contributed by atoms with Crippen LogP contribution in [0.25, 0.3) is 0 Å². The Bertz CT molecular complexity index is 498. The van der Waals surface area contributed by atoms with Crippen molar-refractivity contribution in [1.82, 2.24) is 5.48 Å². The summed E-state index contributed by atoms with van der Waals surface area (Å²) in [5.74, 6) is 0.233. The summed E-state index contributed by atoms with van der Waals surface area (Å²) >= 11 is 3.11. The van der Waals surface area contributed by atoms with Crippen LogP contribution in [0.15, 0.2) is 22.7 Å². The summed E-state index contributed by atoms with van der Waals surface area (Å²) in [4.78, 5) is 26.3. The monoisotopic (exact) mass is 332 g/mol. The van der Waals surface area contributed by atoms with E-state index in [1.54, 1.807) is 20.8 Å². The first-order chi connectivity index (χ1) is 8.69. The van der Waals surface area contributed by atoms with Crippen molar-refractivity contribution in [1.29, 1.82) is 0 Å². The molecular formula is C11H13BrN2O5. The highest BCUT2D eigenvalue weighted by atomic mass is 79.9. The first-order valence-electron chi connectivity index (χ1n) is 5.29. The van der Waals surface area contributed by atoms with Gasteiger partial charge in [0.25, 0.3) is 5.69 Å². The number of nitrogens with one attached hydrogen (secondary N) is 1. The number of hydrogen-bond donors (Lipinski definition) is 1. The lowest BCUT2D eigenvalue weighted by atomic mass is 10.2. The molecule has 8 heteroatoms. The van der Waals surface area contributed by atoms with Gasteiger partial charge in [0.1, 0.15) is 5.60 Å². The molecule has 19 heavy (non-hydrogen) atoms. The standard InChI is InChI=1S/C11H13BrN2O5/c1-11(2,3)18-10(15)13-19-9-5-4-7(14(16)17)6-8(9)12/h4-6H,1-3H3,(H,13,15). The van der Waals surface area contributed by atoms with Crippen molar-refractivity contribution < 1.29 is 19.3 Å². The van der Waals surface area contributed by atoms with E-state index in [2.05, 4.69) is 21.4 Å². The van der Waals surface area contributed by atoms with Crippen LogP contribution < -0.4 is 10.3 Å². The van der Waals surface area contributed by atoms with Gasteiger partial charge in [-0.2, -0.15) is 5.48 Å².